The molecule has 0 spiro atoms. The number of esters is 4. The van der Waals surface area contributed by atoms with Gasteiger partial charge >= 0.3 is 36.2 Å². The van der Waals surface area contributed by atoms with E-state index in [4.69, 9.17) is 38.6 Å². The van der Waals surface area contributed by atoms with Crippen LogP contribution in [-0.2, 0) is 57.1 Å². The summed E-state index contributed by atoms with van der Waals surface area (Å²) in [6.45, 7) is 2.25. The third-order valence-electron chi connectivity index (χ3n) is 4.05. The topological polar surface area (TPSA) is 217 Å². The molecule has 0 fully saturated rings. The highest BCUT2D eigenvalue weighted by molar-refractivity contribution is 5.78. The van der Waals surface area contributed by atoms with Gasteiger partial charge in [0.05, 0.1) is 38.9 Å². The first-order chi connectivity index (χ1) is 18.5. The number of rotatable bonds is 19. The van der Waals surface area contributed by atoms with Gasteiger partial charge in [-0.15, -0.1) is 0 Å². The Morgan fingerprint density at radius 1 is 0.487 bits per heavy atom. The molecule has 2 N–H and O–H groups in total. The maximum Gasteiger partial charge on any atom is 0.508 e. The zero-order chi connectivity index (χ0) is 29.6. The number of carbonyl (C=O) groups is 6. The van der Waals surface area contributed by atoms with E-state index < -0.39 is 54.5 Å². The number of hydrogen-bond acceptors (Lipinski definition) is 16. The molecule has 0 bridgehead atoms. The van der Waals surface area contributed by atoms with E-state index in [1.165, 1.54) is 20.8 Å². The standard InChI is InChI=1S/C23H36O16/c1-15(37-20(28)6-4-18(26)32-10-8-24)12-34-22(30)35-14-17(3)39-23(31)36-13-16(2)38-21(29)7-5-19(27)33-11-9-25/h15-17,24-25H,4-14H2,1-3H3. The monoisotopic (exact) mass is 568 g/mol. The first kappa shape index (κ1) is 35.3. The molecule has 0 amide bonds. The Balaban J connectivity index is 4.02. The predicted octanol–water partition coefficient (Wildman–Crippen LogP) is 0.176. The summed E-state index contributed by atoms with van der Waals surface area (Å²) in [4.78, 5) is 69.3. The van der Waals surface area contributed by atoms with Crippen molar-refractivity contribution < 1.29 is 76.9 Å². The second-order valence-corrected chi connectivity index (χ2v) is 7.85. The molecule has 0 saturated carbocycles. The second-order valence-electron chi connectivity index (χ2n) is 7.85. The van der Waals surface area contributed by atoms with Crippen molar-refractivity contribution in [1.82, 2.24) is 0 Å². The highest BCUT2D eigenvalue weighted by atomic mass is 16.8. The van der Waals surface area contributed by atoms with Gasteiger partial charge in [0.2, 0.25) is 0 Å². The lowest BCUT2D eigenvalue weighted by molar-refractivity contribution is -0.155. The van der Waals surface area contributed by atoms with Gasteiger partial charge < -0.3 is 48.1 Å². The first-order valence-electron chi connectivity index (χ1n) is 12.0. The molecule has 0 aliphatic rings. The van der Waals surface area contributed by atoms with Gasteiger partial charge in [-0.05, 0) is 20.8 Å². The Bertz CT molecular complexity index is 782. The molecule has 0 heterocycles. The van der Waals surface area contributed by atoms with Crippen molar-refractivity contribution in [2.45, 2.75) is 64.8 Å². The van der Waals surface area contributed by atoms with Crippen LogP contribution in [0.2, 0.25) is 0 Å². The number of carbonyl (C=O) groups excluding carboxylic acids is 6. The van der Waals surface area contributed by atoms with Crippen LogP contribution in [0.3, 0.4) is 0 Å². The Morgan fingerprint density at radius 3 is 1.21 bits per heavy atom. The molecule has 0 aliphatic heterocycles. The van der Waals surface area contributed by atoms with Crippen LogP contribution in [0.1, 0.15) is 46.5 Å². The van der Waals surface area contributed by atoms with E-state index in [0.717, 1.165) is 0 Å². The number of aliphatic hydroxyl groups is 2. The molecule has 0 aromatic heterocycles. The van der Waals surface area contributed by atoms with Gasteiger partial charge in [0, 0.05) is 0 Å². The lowest BCUT2D eigenvalue weighted by Gasteiger charge is -2.16. The van der Waals surface area contributed by atoms with Crippen LogP contribution in [0.15, 0.2) is 0 Å². The first-order valence-corrected chi connectivity index (χ1v) is 12.0. The molecular weight excluding hydrogens is 532 g/mol. The van der Waals surface area contributed by atoms with Crippen molar-refractivity contribution in [3.8, 4) is 0 Å². The Hall–Kier alpha value is -3.66. The van der Waals surface area contributed by atoms with E-state index in [-0.39, 0.29) is 71.9 Å². The van der Waals surface area contributed by atoms with E-state index in [0.29, 0.717) is 0 Å². The summed E-state index contributed by atoms with van der Waals surface area (Å²) in [5, 5.41) is 17.1. The quantitative estimate of drug-likeness (QED) is 0.157. The molecule has 39 heavy (non-hydrogen) atoms. The lowest BCUT2D eigenvalue weighted by Crippen LogP contribution is -2.27. The minimum absolute atomic E-state index is 0.169. The lowest BCUT2D eigenvalue weighted by atomic mass is 10.3. The number of aliphatic hydroxyl groups excluding tert-OH is 2. The summed E-state index contributed by atoms with van der Waals surface area (Å²) in [5.41, 5.74) is 0. The van der Waals surface area contributed by atoms with Gasteiger partial charge in [0.1, 0.15) is 51.3 Å². The zero-order valence-electron chi connectivity index (χ0n) is 22.1. The molecule has 16 nitrogen and oxygen atoms in total. The predicted molar refractivity (Wildman–Crippen MR) is 125 cm³/mol. The van der Waals surface area contributed by atoms with E-state index in [1.807, 2.05) is 0 Å². The van der Waals surface area contributed by atoms with Crippen LogP contribution < -0.4 is 0 Å². The van der Waals surface area contributed by atoms with Crippen molar-refractivity contribution in [2.24, 2.45) is 0 Å². The third kappa shape index (κ3) is 21.0. The van der Waals surface area contributed by atoms with Crippen LogP contribution >= 0.6 is 0 Å². The maximum absolute atomic E-state index is 11.7. The fourth-order valence-electron chi connectivity index (χ4n) is 2.34. The third-order valence-corrected chi connectivity index (χ3v) is 4.05. The molecule has 16 heteroatoms. The summed E-state index contributed by atoms with van der Waals surface area (Å²) < 4.78 is 38.4. The van der Waals surface area contributed by atoms with Crippen LogP contribution in [-0.4, -0.2) is 111 Å². The average Bonchev–Trinajstić information content (AvgIpc) is 2.89. The normalized spacial score (nSPS) is 12.6. The van der Waals surface area contributed by atoms with Gasteiger partial charge in [0.15, 0.2) is 0 Å². The highest BCUT2D eigenvalue weighted by Gasteiger charge is 2.19. The molecule has 0 aromatic rings. The summed E-state index contributed by atoms with van der Waals surface area (Å²) in [5.74, 6) is -2.77. The highest BCUT2D eigenvalue weighted by Crippen LogP contribution is 2.04. The summed E-state index contributed by atoms with van der Waals surface area (Å²) in [6.07, 6.45) is -5.80. The van der Waals surface area contributed by atoms with Crippen LogP contribution in [0.25, 0.3) is 0 Å². The number of ether oxygens (including phenoxy) is 8. The summed E-state index contributed by atoms with van der Waals surface area (Å²) >= 11 is 0. The molecule has 3 atom stereocenters. The zero-order valence-corrected chi connectivity index (χ0v) is 22.1. The largest absolute Gasteiger partial charge is 0.508 e. The van der Waals surface area contributed by atoms with E-state index in [1.54, 1.807) is 0 Å². The Kier molecular flexibility index (Phi) is 19.3. The van der Waals surface area contributed by atoms with E-state index >= 15 is 0 Å². The maximum atomic E-state index is 11.7. The fourth-order valence-corrected chi connectivity index (χ4v) is 2.34. The Labute approximate surface area is 224 Å². The molecule has 224 valence electrons. The molecular formula is C23H36O16. The van der Waals surface area contributed by atoms with Crippen molar-refractivity contribution in [1.29, 1.82) is 0 Å². The van der Waals surface area contributed by atoms with Crippen LogP contribution in [0.4, 0.5) is 9.59 Å². The van der Waals surface area contributed by atoms with Crippen molar-refractivity contribution in [3.63, 3.8) is 0 Å². The van der Waals surface area contributed by atoms with Gasteiger partial charge in [0.25, 0.3) is 0 Å². The average molecular weight is 569 g/mol. The van der Waals surface area contributed by atoms with Gasteiger partial charge in [-0.2, -0.15) is 0 Å². The molecule has 0 rings (SSSR count). The van der Waals surface area contributed by atoms with Gasteiger partial charge in [-0.1, -0.05) is 0 Å². The fraction of sp³-hybridized carbons (Fsp3) is 0.739. The van der Waals surface area contributed by atoms with Crippen molar-refractivity contribution in [2.75, 3.05) is 46.2 Å². The van der Waals surface area contributed by atoms with Gasteiger partial charge in [-0.3, -0.25) is 19.2 Å². The molecule has 0 saturated heterocycles. The minimum Gasteiger partial charge on any atom is -0.463 e. The summed E-state index contributed by atoms with van der Waals surface area (Å²) in [7, 11) is 0. The van der Waals surface area contributed by atoms with Crippen molar-refractivity contribution >= 4 is 36.2 Å². The van der Waals surface area contributed by atoms with Gasteiger partial charge in [-0.25, -0.2) is 9.59 Å². The van der Waals surface area contributed by atoms with E-state index in [2.05, 4.69) is 9.47 Å². The van der Waals surface area contributed by atoms with Crippen molar-refractivity contribution in [3.05, 3.63) is 0 Å². The second kappa shape index (κ2) is 21.3. The Morgan fingerprint density at radius 2 is 0.821 bits per heavy atom. The van der Waals surface area contributed by atoms with E-state index in [9.17, 15) is 28.8 Å². The molecule has 0 radical (unpaired) electrons. The summed E-state index contributed by atoms with van der Waals surface area (Å²) in [6, 6.07) is 0. The molecule has 3 unspecified atom stereocenters. The molecule has 0 aliphatic carbocycles. The number of hydrogen-bond donors (Lipinski definition) is 2. The molecule has 0 aromatic carbocycles. The smallest absolute Gasteiger partial charge is 0.463 e. The van der Waals surface area contributed by atoms with Crippen LogP contribution in [0, 0.1) is 0 Å². The SMILES string of the molecule is CC(COC(=O)OCC(C)OC(=O)OCC(C)OC(=O)CCC(=O)OCCO)OC(=O)CCC(=O)OCCO. The van der Waals surface area contributed by atoms with Crippen LogP contribution in [0.5, 0.6) is 0 Å². The minimum atomic E-state index is -1.12.